The Morgan fingerprint density at radius 1 is 1.25 bits per heavy atom. The van der Waals surface area contributed by atoms with Crippen LogP contribution in [0.15, 0.2) is 0 Å². The van der Waals surface area contributed by atoms with Gasteiger partial charge in [-0.3, -0.25) is 4.79 Å². The van der Waals surface area contributed by atoms with Crippen molar-refractivity contribution in [1.29, 1.82) is 0 Å². The van der Waals surface area contributed by atoms with E-state index < -0.39 is 0 Å². The number of carbonyl (C=O) groups is 1. The van der Waals surface area contributed by atoms with Gasteiger partial charge >= 0.3 is 5.97 Å². The van der Waals surface area contributed by atoms with Crippen molar-refractivity contribution < 1.29 is 14.3 Å². The Morgan fingerprint density at radius 2 is 1.94 bits per heavy atom. The predicted octanol–water partition coefficient (Wildman–Crippen LogP) is 1.59. The van der Waals surface area contributed by atoms with Crippen LogP contribution in [0, 0.1) is 5.92 Å². The second kappa shape index (κ2) is 10.9. The minimum atomic E-state index is -0.137. The first kappa shape index (κ1) is 15.4. The smallest absolute Gasteiger partial charge is 0.305 e. The van der Waals surface area contributed by atoms with Gasteiger partial charge in [-0.1, -0.05) is 13.8 Å². The molecule has 0 aromatic rings. The molecule has 0 spiro atoms. The van der Waals surface area contributed by atoms with Crippen LogP contribution in [-0.2, 0) is 14.3 Å². The number of ether oxygens (including phenoxy) is 2. The molecule has 4 heteroatoms. The van der Waals surface area contributed by atoms with Crippen molar-refractivity contribution in [3.63, 3.8) is 0 Å². The highest BCUT2D eigenvalue weighted by Gasteiger charge is 1.98. The second-order valence-corrected chi connectivity index (χ2v) is 4.25. The number of methoxy groups -OCH3 is 1. The largest absolute Gasteiger partial charge is 0.469 e. The Hall–Kier alpha value is -0.610. The maximum Gasteiger partial charge on any atom is 0.305 e. The first-order valence-corrected chi connectivity index (χ1v) is 6.02. The summed E-state index contributed by atoms with van der Waals surface area (Å²) >= 11 is 0. The van der Waals surface area contributed by atoms with E-state index in [0.717, 1.165) is 39.1 Å². The SMILES string of the molecule is COC(=O)CCCNCCCOCC(C)C. The summed E-state index contributed by atoms with van der Waals surface area (Å²) in [6.45, 7) is 7.74. The molecular formula is C12H25NO3. The molecule has 0 atom stereocenters. The number of esters is 1. The van der Waals surface area contributed by atoms with Gasteiger partial charge in [0, 0.05) is 19.6 Å². The molecule has 0 bridgehead atoms. The van der Waals surface area contributed by atoms with Crippen molar-refractivity contribution in [2.24, 2.45) is 5.92 Å². The quantitative estimate of drug-likeness (QED) is 0.458. The Labute approximate surface area is 98.7 Å². The van der Waals surface area contributed by atoms with E-state index in [1.54, 1.807) is 0 Å². The number of nitrogens with one attached hydrogen (secondary N) is 1. The number of rotatable bonds is 10. The highest BCUT2D eigenvalue weighted by molar-refractivity contribution is 5.68. The molecule has 0 aliphatic rings. The number of carbonyl (C=O) groups excluding carboxylic acids is 1. The third-order valence-corrected chi connectivity index (χ3v) is 2.06. The molecule has 4 nitrogen and oxygen atoms in total. The molecule has 96 valence electrons. The molecule has 0 aliphatic carbocycles. The fourth-order valence-electron chi connectivity index (χ4n) is 1.20. The summed E-state index contributed by atoms with van der Waals surface area (Å²) < 4.78 is 9.99. The van der Waals surface area contributed by atoms with Gasteiger partial charge in [0.1, 0.15) is 0 Å². The molecule has 0 rings (SSSR count). The van der Waals surface area contributed by atoms with Crippen molar-refractivity contribution in [2.75, 3.05) is 33.4 Å². The summed E-state index contributed by atoms with van der Waals surface area (Å²) in [7, 11) is 1.42. The zero-order chi connectivity index (χ0) is 12.2. The summed E-state index contributed by atoms with van der Waals surface area (Å²) in [6, 6.07) is 0. The monoisotopic (exact) mass is 231 g/mol. The van der Waals surface area contributed by atoms with E-state index in [0.29, 0.717) is 12.3 Å². The van der Waals surface area contributed by atoms with Gasteiger partial charge in [-0.2, -0.15) is 0 Å². The van der Waals surface area contributed by atoms with Crippen molar-refractivity contribution in [2.45, 2.75) is 33.1 Å². The summed E-state index contributed by atoms with van der Waals surface area (Å²) in [5, 5.41) is 3.27. The van der Waals surface area contributed by atoms with Crippen molar-refractivity contribution in [3.05, 3.63) is 0 Å². The summed E-state index contributed by atoms with van der Waals surface area (Å²) in [5.74, 6) is 0.468. The van der Waals surface area contributed by atoms with Crippen LogP contribution in [0.2, 0.25) is 0 Å². The molecule has 0 aromatic carbocycles. The van der Waals surface area contributed by atoms with E-state index in [9.17, 15) is 4.79 Å². The Bertz CT molecular complexity index is 172. The van der Waals surface area contributed by atoms with Crippen molar-refractivity contribution in [1.82, 2.24) is 5.32 Å². The topological polar surface area (TPSA) is 47.6 Å². The Morgan fingerprint density at radius 3 is 2.56 bits per heavy atom. The van der Waals surface area contributed by atoms with Crippen LogP contribution in [-0.4, -0.2) is 39.4 Å². The first-order chi connectivity index (χ1) is 7.66. The van der Waals surface area contributed by atoms with Crippen LogP contribution in [0.25, 0.3) is 0 Å². The lowest BCUT2D eigenvalue weighted by atomic mass is 10.2. The first-order valence-electron chi connectivity index (χ1n) is 6.02. The van der Waals surface area contributed by atoms with Crippen LogP contribution >= 0.6 is 0 Å². The summed E-state index contributed by atoms with van der Waals surface area (Å²) in [6.07, 6.45) is 2.35. The molecule has 0 aromatic heterocycles. The van der Waals surface area contributed by atoms with Gasteiger partial charge in [0.25, 0.3) is 0 Å². The number of hydrogen-bond acceptors (Lipinski definition) is 4. The highest BCUT2D eigenvalue weighted by Crippen LogP contribution is 1.93. The molecule has 0 radical (unpaired) electrons. The zero-order valence-electron chi connectivity index (χ0n) is 10.8. The van der Waals surface area contributed by atoms with E-state index in [1.165, 1.54) is 7.11 Å². The van der Waals surface area contributed by atoms with Gasteiger partial charge in [-0.25, -0.2) is 0 Å². The van der Waals surface area contributed by atoms with Gasteiger partial charge in [0.15, 0.2) is 0 Å². The lowest BCUT2D eigenvalue weighted by Crippen LogP contribution is -2.19. The summed E-state index contributed by atoms with van der Waals surface area (Å²) in [5.41, 5.74) is 0. The molecule has 0 aliphatic heterocycles. The molecule has 0 saturated carbocycles. The van der Waals surface area contributed by atoms with E-state index in [1.807, 2.05) is 0 Å². The molecule has 1 N–H and O–H groups in total. The third-order valence-electron chi connectivity index (χ3n) is 2.06. The van der Waals surface area contributed by atoms with E-state index in [-0.39, 0.29) is 5.97 Å². The molecule has 0 fully saturated rings. The van der Waals surface area contributed by atoms with Crippen molar-refractivity contribution in [3.8, 4) is 0 Å². The van der Waals surface area contributed by atoms with Gasteiger partial charge in [0.2, 0.25) is 0 Å². The average molecular weight is 231 g/mol. The zero-order valence-corrected chi connectivity index (χ0v) is 10.8. The fourth-order valence-corrected chi connectivity index (χ4v) is 1.20. The van der Waals surface area contributed by atoms with E-state index in [2.05, 4.69) is 23.9 Å². The van der Waals surface area contributed by atoms with E-state index in [4.69, 9.17) is 4.74 Å². The Balaban J connectivity index is 3.01. The van der Waals surface area contributed by atoms with Crippen molar-refractivity contribution >= 4 is 5.97 Å². The van der Waals surface area contributed by atoms with Crippen LogP contribution in [0.1, 0.15) is 33.1 Å². The fraction of sp³-hybridized carbons (Fsp3) is 0.917. The maximum absolute atomic E-state index is 10.8. The molecule has 0 heterocycles. The Kier molecular flexibility index (Phi) is 10.5. The molecule has 16 heavy (non-hydrogen) atoms. The van der Waals surface area contributed by atoms with Gasteiger partial charge < -0.3 is 14.8 Å². The van der Waals surface area contributed by atoms with E-state index >= 15 is 0 Å². The molecule has 0 amide bonds. The second-order valence-electron chi connectivity index (χ2n) is 4.25. The lowest BCUT2D eigenvalue weighted by Gasteiger charge is -2.07. The minimum absolute atomic E-state index is 0.137. The van der Waals surface area contributed by atoms with Crippen LogP contribution in [0.5, 0.6) is 0 Å². The van der Waals surface area contributed by atoms with Crippen LogP contribution in [0.4, 0.5) is 0 Å². The predicted molar refractivity (Wildman–Crippen MR) is 64.4 cm³/mol. The average Bonchev–Trinajstić information content (AvgIpc) is 2.26. The van der Waals surface area contributed by atoms with Gasteiger partial charge in [0.05, 0.1) is 7.11 Å². The number of hydrogen-bond donors (Lipinski definition) is 1. The van der Waals surface area contributed by atoms with Gasteiger partial charge in [-0.15, -0.1) is 0 Å². The minimum Gasteiger partial charge on any atom is -0.469 e. The molecular weight excluding hydrogens is 206 g/mol. The maximum atomic E-state index is 10.8. The molecule has 0 unspecified atom stereocenters. The standard InChI is InChI=1S/C12H25NO3/c1-11(2)10-16-9-5-8-13-7-4-6-12(14)15-3/h11,13H,4-10H2,1-3H3. The van der Waals surface area contributed by atoms with Crippen LogP contribution < -0.4 is 5.32 Å². The van der Waals surface area contributed by atoms with Crippen LogP contribution in [0.3, 0.4) is 0 Å². The molecule has 0 saturated heterocycles. The lowest BCUT2D eigenvalue weighted by molar-refractivity contribution is -0.140. The van der Waals surface area contributed by atoms with Gasteiger partial charge in [-0.05, 0) is 31.8 Å². The summed E-state index contributed by atoms with van der Waals surface area (Å²) in [4.78, 5) is 10.8. The highest BCUT2D eigenvalue weighted by atomic mass is 16.5. The normalized spacial score (nSPS) is 10.8. The third kappa shape index (κ3) is 11.5.